The van der Waals surface area contributed by atoms with Gasteiger partial charge in [-0.1, -0.05) is 17.7 Å². The summed E-state index contributed by atoms with van der Waals surface area (Å²) in [5.74, 6) is -0.389. The zero-order valence-corrected chi connectivity index (χ0v) is 13.7. The maximum absolute atomic E-state index is 11.6. The maximum Gasteiger partial charge on any atom is 0.337 e. The van der Waals surface area contributed by atoms with Crippen molar-refractivity contribution >= 4 is 46.3 Å². The lowest BCUT2D eigenvalue weighted by molar-refractivity contribution is 0.0601. The third-order valence-electron chi connectivity index (χ3n) is 3.01. The molecule has 0 aliphatic rings. The van der Waals surface area contributed by atoms with Crippen molar-refractivity contribution in [2.45, 2.75) is 6.92 Å². The number of esters is 1. The van der Waals surface area contributed by atoms with Crippen LogP contribution in [0.1, 0.15) is 15.9 Å². The van der Waals surface area contributed by atoms with Gasteiger partial charge in [0.05, 0.1) is 12.7 Å². The fourth-order valence-corrected chi connectivity index (χ4v) is 2.17. The van der Waals surface area contributed by atoms with Crippen LogP contribution in [0, 0.1) is 6.92 Å². The Morgan fingerprint density at radius 1 is 1.14 bits per heavy atom. The van der Waals surface area contributed by atoms with Crippen LogP contribution in [0.4, 0.5) is 11.4 Å². The number of ether oxygens (including phenoxy) is 1. The SMILES string of the molecule is COC(=O)c1ccc(C)c(NC(=S)Nc2ccc(Cl)cc2)c1. The van der Waals surface area contributed by atoms with E-state index in [4.69, 9.17) is 28.6 Å². The predicted octanol–water partition coefficient (Wildman–Crippen LogP) is 4.24. The number of thiocarbonyl (C=S) groups is 1. The monoisotopic (exact) mass is 334 g/mol. The van der Waals surface area contributed by atoms with Crippen molar-refractivity contribution in [1.29, 1.82) is 0 Å². The van der Waals surface area contributed by atoms with Gasteiger partial charge in [0.1, 0.15) is 0 Å². The van der Waals surface area contributed by atoms with Gasteiger partial charge in [0.25, 0.3) is 0 Å². The smallest absolute Gasteiger partial charge is 0.337 e. The Balaban J connectivity index is 2.10. The molecule has 4 nitrogen and oxygen atoms in total. The first-order valence-electron chi connectivity index (χ1n) is 6.52. The summed E-state index contributed by atoms with van der Waals surface area (Å²) in [6, 6.07) is 12.5. The molecular formula is C16H15ClN2O2S. The molecule has 0 unspecified atom stereocenters. The second-order valence-corrected chi connectivity index (χ2v) is 5.45. The van der Waals surface area contributed by atoms with E-state index >= 15 is 0 Å². The van der Waals surface area contributed by atoms with Gasteiger partial charge in [-0.25, -0.2) is 4.79 Å². The Morgan fingerprint density at radius 3 is 2.45 bits per heavy atom. The number of benzene rings is 2. The normalized spacial score (nSPS) is 9.95. The fourth-order valence-electron chi connectivity index (χ4n) is 1.82. The number of hydrogen-bond acceptors (Lipinski definition) is 3. The largest absolute Gasteiger partial charge is 0.465 e. The summed E-state index contributed by atoms with van der Waals surface area (Å²) >= 11 is 11.1. The molecule has 0 bridgehead atoms. The van der Waals surface area contributed by atoms with Gasteiger partial charge in [0.15, 0.2) is 5.11 Å². The Bertz CT molecular complexity index is 702. The van der Waals surface area contributed by atoms with Crippen molar-refractivity contribution in [2.75, 3.05) is 17.7 Å². The lowest BCUT2D eigenvalue weighted by Gasteiger charge is -2.13. The molecule has 0 spiro atoms. The topological polar surface area (TPSA) is 50.4 Å². The number of hydrogen-bond donors (Lipinski definition) is 2. The van der Waals surface area contributed by atoms with Gasteiger partial charge < -0.3 is 15.4 Å². The van der Waals surface area contributed by atoms with Crippen molar-refractivity contribution in [3.05, 3.63) is 58.6 Å². The van der Waals surface area contributed by atoms with Gasteiger partial charge in [-0.2, -0.15) is 0 Å². The quantitative estimate of drug-likeness (QED) is 0.649. The molecule has 0 saturated carbocycles. The minimum absolute atomic E-state index is 0.389. The van der Waals surface area contributed by atoms with E-state index in [2.05, 4.69) is 10.6 Å². The summed E-state index contributed by atoms with van der Waals surface area (Å²) in [6.45, 7) is 1.92. The summed E-state index contributed by atoms with van der Waals surface area (Å²) in [7, 11) is 1.35. The van der Waals surface area contributed by atoms with E-state index < -0.39 is 0 Å². The van der Waals surface area contributed by atoms with Gasteiger partial charge in [0.2, 0.25) is 0 Å². The molecule has 0 atom stereocenters. The highest BCUT2D eigenvalue weighted by molar-refractivity contribution is 7.80. The van der Waals surface area contributed by atoms with Crippen LogP contribution in [-0.4, -0.2) is 18.2 Å². The van der Waals surface area contributed by atoms with Gasteiger partial charge in [0, 0.05) is 16.4 Å². The van der Waals surface area contributed by atoms with Crippen molar-refractivity contribution in [1.82, 2.24) is 0 Å². The Morgan fingerprint density at radius 2 is 1.82 bits per heavy atom. The minimum atomic E-state index is -0.389. The predicted molar refractivity (Wildman–Crippen MR) is 93.8 cm³/mol. The number of methoxy groups -OCH3 is 1. The van der Waals surface area contributed by atoms with Gasteiger partial charge in [-0.05, 0) is 61.1 Å². The van der Waals surface area contributed by atoms with Crippen LogP contribution in [0.15, 0.2) is 42.5 Å². The van der Waals surface area contributed by atoms with Crippen molar-refractivity contribution < 1.29 is 9.53 Å². The van der Waals surface area contributed by atoms with E-state index in [0.29, 0.717) is 15.7 Å². The van der Waals surface area contributed by atoms with E-state index in [-0.39, 0.29) is 5.97 Å². The van der Waals surface area contributed by atoms with Crippen LogP contribution in [0.25, 0.3) is 0 Å². The van der Waals surface area contributed by atoms with Crippen molar-refractivity contribution in [2.24, 2.45) is 0 Å². The molecule has 2 rings (SSSR count). The summed E-state index contributed by atoms with van der Waals surface area (Å²) in [5.41, 5.74) is 3.00. The van der Waals surface area contributed by atoms with Crippen LogP contribution < -0.4 is 10.6 Å². The molecule has 0 radical (unpaired) electrons. The number of carbonyl (C=O) groups excluding carboxylic acids is 1. The number of nitrogens with one attached hydrogen (secondary N) is 2. The highest BCUT2D eigenvalue weighted by atomic mass is 35.5. The molecule has 2 aromatic rings. The summed E-state index contributed by atoms with van der Waals surface area (Å²) in [6.07, 6.45) is 0. The maximum atomic E-state index is 11.6. The minimum Gasteiger partial charge on any atom is -0.465 e. The first-order chi connectivity index (χ1) is 10.5. The molecule has 0 aliphatic heterocycles. The first kappa shape index (κ1) is 16.3. The molecule has 22 heavy (non-hydrogen) atoms. The van der Waals surface area contributed by atoms with Gasteiger partial charge >= 0.3 is 5.97 Å². The summed E-state index contributed by atoms with van der Waals surface area (Å²) in [4.78, 5) is 11.6. The highest BCUT2D eigenvalue weighted by Gasteiger charge is 2.09. The average molecular weight is 335 g/mol. The number of rotatable bonds is 3. The van der Waals surface area contributed by atoms with E-state index in [9.17, 15) is 4.79 Å². The molecule has 2 aromatic carbocycles. The van der Waals surface area contributed by atoms with Crippen LogP contribution in [0.3, 0.4) is 0 Å². The summed E-state index contributed by atoms with van der Waals surface area (Å²) < 4.78 is 4.72. The average Bonchev–Trinajstić information content (AvgIpc) is 2.51. The molecule has 0 heterocycles. The molecule has 114 valence electrons. The zero-order valence-electron chi connectivity index (χ0n) is 12.1. The molecule has 0 amide bonds. The van der Waals surface area contributed by atoms with E-state index in [1.54, 1.807) is 24.3 Å². The van der Waals surface area contributed by atoms with Crippen LogP contribution in [0.2, 0.25) is 5.02 Å². The lowest BCUT2D eigenvalue weighted by atomic mass is 10.1. The standard InChI is InChI=1S/C16H15ClN2O2S/c1-10-3-4-11(15(20)21-2)9-14(10)19-16(22)18-13-7-5-12(17)6-8-13/h3-9H,1-2H3,(H2,18,19,22). The molecule has 0 fully saturated rings. The fraction of sp³-hybridized carbons (Fsp3) is 0.125. The molecule has 0 aliphatic carbocycles. The number of halogens is 1. The number of carbonyl (C=O) groups is 1. The third kappa shape index (κ3) is 4.19. The van der Waals surface area contributed by atoms with E-state index in [0.717, 1.165) is 16.9 Å². The molecular weight excluding hydrogens is 320 g/mol. The van der Waals surface area contributed by atoms with E-state index in [1.165, 1.54) is 7.11 Å². The first-order valence-corrected chi connectivity index (χ1v) is 7.31. The molecule has 6 heteroatoms. The number of anilines is 2. The van der Waals surface area contributed by atoms with Crippen LogP contribution in [0.5, 0.6) is 0 Å². The molecule has 0 saturated heterocycles. The number of aryl methyl sites for hydroxylation is 1. The Hall–Kier alpha value is -2.11. The van der Waals surface area contributed by atoms with Gasteiger partial charge in [-0.15, -0.1) is 0 Å². The Labute approximate surface area is 139 Å². The van der Waals surface area contributed by atoms with Crippen molar-refractivity contribution in [3.63, 3.8) is 0 Å². The summed E-state index contributed by atoms with van der Waals surface area (Å²) in [5, 5.41) is 7.21. The van der Waals surface area contributed by atoms with Crippen molar-refractivity contribution in [3.8, 4) is 0 Å². The van der Waals surface area contributed by atoms with Gasteiger partial charge in [-0.3, -0.25) is 0 Å². The second kappa shape index (κ2) is 7.24. The van der Waals surface area contributed by atoms with Crippen LogP contribution in [-0.2, 0) is 4.74 Å². The van der Waals surface area contributed by atoms with Crippen LogP contribution >= 0.6 is 23.8 Å². The Kier molecular flexibility index (Phi) is 5.35. The third-order valence-corrected chi connectivity index (χ3v) is 3.47. The lowest BCUT2D eigenvalue weighted by Crippen LogP contribution is -2.20. The molecule has 0 aromatic heterocycles. The van der Waals surface area contributed by atoms with E-state index in [1.807, 2.05) is 25.1 Å². The molecule has 2 N–H and O–H groups in total. The second-order valence-electron chi connectivity index (χ2n) is 4.61. The highest BCUT2D eigenvalue weighted by Crippen LogP contribution is 2.19. The zero-order chi connectivity index (χ0) is 16.1.